The highest BCUT2D eigenvalue weighted by Crippen LogP contribution is 2.15. The number of carbonyl (C=O) groups is 3. The lowest BCUT2D eigenvalue weighted by atomic mass is 10.1. The number of ether oxygens (including phenoxy) is 3. The smallest absolute Gasteiger partial charge is 0.306 e. The van der Waals surface area contributed by atoms with E-state index in [2.05, 4.69) is 118 Å². The first kappa shape index (κ1) is 67.3. The van der Waals surface area contributed by atoms with Gasteiger partial charge >= 0.3 is 17.9 Å². The van der Waals surface area contributed by atoms with Crippen LogP contribution in [0.25, 0.3) is 0 Å². The zero-order valence-corrected chi connectivity index (χ0v) is 46.5. The van der Waals surface area contributed by atoms with E-state index < -0.39 is 6.10 Å². The summed E-state index contributed by atoms with van der Waals surface area (Å²) in [7, 11) is 0. The molecule has 71 heavy (non-hydrogen) atoms. The van der Waals surface area contributed by atoms with Crippen LogP contribution in [-0.2, 0) is 28.6 Å². The largest absolute Gasteiger partial charge is 0.462 e. The van der Waals surface area contributed by atoms with Crippen LogP contribution in [0.1, 0.15) is 278 Å². The fourth-order valence-corrected chi connectivity index (χ4v) is 8.09. The summed E-state index contributed by atoms with van der Waals surface area (Å²) in [5.74, 6) is -0.967. The van der Waals surface area contributed by atoms with Gasteiger partial charge in [0.15, 0.2) is 6.10 Å². The Labute approximate surface area is 438 Å². The first-order valence-electron chi connectivity index (χ1n) is 29.7. The number of hydrogen-bond acceptors (Lipinski definition) is 6. The van der Waals surface area contributed by atoms with Crippen LogP contribution >= 0.6 is 0 Å². The number of unbranched alkanes of at least 4 members (excludes halogenated alkanes) is 26. The van der Waals surface area contributed by atoms with Crippen molar-refractivity contribution in [2.75, 3.05) is 13.2 Å². The van der Waals surface area contributed by atoms with E-state index in [1.807, 2.05) is 0 Å². The third-order valence-corrected chi connectivity index (χ3v) is 12.5. The maximum atomic E-state index is 12.8. The van der Waals surface area contributed by atoms with Crippen molar-refractivity contribution in [3.05, 3.63) is 97.2 Å². The molecule has 0 spiro atoms. The molecule has 0 bridgehead atoms. The first-order chi connectivity index (χ1) is 35.0. The molecule has 6 nitrogen and oxygen atoms in total. The van der Waals surface area contributed by atoms with Crippen molar-refractivity contribution in [2.24, 2.45) is 0 Å². The SMILES string of the molecule is CC/C=C\C/C=C\C/C=C\C/C=C\C/C=C\CCCC(=O)O[C@H](COC(=O)CCCCCCCCC/C=C\C/C=C\CCCCC)COC(=O)CCCCCCCCCCC/C=C\CCCCCCCC. The molecule has 0 unspecified atom stereocenters. The van der Waals surface area contributed by atoms with E-state index in [1.54, 1.807) is 0 Å². The van der Waals surface area contributed by atoms with Gasteiger partial charge in [0.1, 0.15) is 13.2 Å². The van der Waals surface area contributed by atoms with E-state index in [9.17, 15) is 14.4 Å². The maximum absolute atomic E-state index is 12.8. The Bertz CT molecular complexity index is 1410. The summed E-state index contributed by atoms with van der Waals surface area (Å²) in [4.78, 5) is 38.2. The van der Waals surface area contributed by atoms with Crippen LogP contribution in [0.4, 0.5) is 0 Å². The van der Waals surface area contributed by atoms with Gasteiger partial charge in [0, 0.05) is 19.3 Å². The molecule has 1 atom stereocenters. The van der Waals surface area contributed by atoms with E-state index in [0.717, 1.165) is 89.9 Å². The Morgan fingerprint density at radius 3 is 0.944 bits per heavy atom. The molecule has 0 saturated heterocycles. The van der Waals surface area contributed by atoms with Crippen molar-refractivity contribution in [1.82, 2.24) is 0 Å². The lowest BCUT2D eigenvalue weighted by Crippen LogP contribution is -2.30. The standard InChI is InChI=1S/C65H110O6/c1-4-7-10-13-16-19-22-25-28-31-32-35-37-40-43-46-49-52-55-58-64(67)70-61-62(71-65(68)59-56-53-50-47-44-41-38-34-30-27-24-21-18-15-12-9-6-3)60-69-63(66)57-54-51-48-45-42-39-36-33-29-26-23-20-17-14-11-8-5-2/h9,12,17-18,20-21,25-30,38,41,47,50,62H,4-8,10-11,13-16,19,22-24,31-37,39-40,42-46,48-49,51-61H2,1-3H3/b12-9-,20-17-,21-18-,28-25-,29-26-,30-27-,41-38-,50-47-/t62-/m1/s1. The molecule has 0 saturated carbocycles. The third kappa shape index (κ3) is 57.1. The highest BCUT2D eigenvalue weighted by Gasteiger charge is 2.19. The van der Waals surface area contributed by atoms with Gasteiger partial charge in [0.05, 0.1) is 0 Å². The predicted octanol–water partition coefficient (Wildman–Crippen LogP) is 20.1. The Morgan fingerprint density at radius 1 is 0.296 bits per heavy atom. The van der Waals surface area contributed by atoms with Gasteiger partial charge in [-0.2, -0.15) is 0 Å². The van der Waals surface area contributed by atoms with Crippen molar-refractivity contribution in [3.8, 4) is 0 Å². The topological polar surface area (TPSA) is 78.9 Å². The normalized spacial score (nSPS) is 12.8. The monoisotopic (exact) mass is 987 g/mol. The van der Waals surface area contributed by atoms with E-state index in [4.69, 9.17) is 14.2 Å². The van der Waals surface area contributed by atoms with Crippen molar-refractivity contribution in [1.29, 1.82) is 0 Å². The van der Waals surface area contributed by atoms with E-state index in [-0.39, 0.29) is 37.5 Å². The summed E-state index contributed by atoms with van der Waals surface area (Å²) in [6, 6.07) is 0. The summed E-state index contributed by atoms with van der Waals surface area (Å²) in [6.07, 6.45) is 78.3. The minimum Gasteiger partial charge on any atom is -0.462 e. The van der Waals surface area contributed by atoms with E-state index in [1.165, 1.54) is 141 Å². The highest BCUT2D eigenvalue weighted by molar-refractivity contribution is 5.71. The molecule has 0 heterocycles. The van der Waals surface area contributed by atoms with Crippen LogP contribution in [0.2, 0.25) is 0 Å². The molecule has 406 valence electrons. The van der Waals surface area contributed by atoms with Crippen molar-refractivity contribution < 1.29 is 28.6 Å². The third-order valence-electron chi connectivity index (χ3n) is 12.5. The number of carbonyl (C=O) groups excluding carboxylic acids is 3. The minimum absolute atomic E-state index is 0.104. The van der Waals surface area contributed by atoms with Crippen LogP contribution in [-0.4, -0.2) is 37.2 Å². The Kier molecular flexibility index (Phi) is 55.9. The fraction of sp³-hybridized carbons (Fsp3) is 0.708. The van der Waals surface area contributed by atoms with Crippen LogP contribution in [0, 0.1) is 0 Å². The van der Waals surface area contributed by atoms with E-state index in [0.29, 0.717) is 19.3 Å². The van der Waals surface area contributed by atoms with Gasteiger partial charge in [0.25, 0.3) is 0 Å². The fourth-order valence-electron chi connectivity index (χ4n) is 8.09. The Balaban J connectivity index is 4.47. The molecule has 0 amide bonds. The van der Waals surface area contributed by atoms with Gasteiger partial charge in [-0.25, -0.2) is 0 Å². The Morgan fingerprint density at radius 2 is 0.563 bits per heavy atom. The van der Waals surface area contributed by atoms with Gasteiger partial charge in [-0.1, -0.05) is 240 Å². The molecule has 0 aliphatic carbocycles. The molecule has 0 aromatic rings. The van der Waals surface area contributed by atoms with Gasteiger partial charge in [0.2, 0.25) is 0 Å². The summed E-state index contributed by atoms with van der Waals surface area (Å²) < 4.78 is 16.8. The van der Waals surface area contributed by atoms with Crippen molar-refractivity contribution in [2.45, 2.75) is 284 Å². The molecule has 0 radical (unpaired) electrons. The maximum Gasteiger partial charge on any atom is 0.306 e. The predicted molar refractivity (Wildman–Crippen MR) is 307 cm³/mol. The van der Waals surface area contributed by atoms with Crippen molar-refractivity contribution >= 4 is 17.9 Å². The second-order valence-corrected chi connectivity index (χ2v) is 19.5. The quantitative estimate of drug-likeness (QED) is 0.0261. The molecule has 0 rings (SSSR count). The van der Waals surface area contributed by atoms with Crippen LogP contribution in [0.3, 0.4) is 0 Å². The van der Waals surface area contributed by atoms with Crippen LogP contribution in [0.5, 0.6) is 0 Å². The molecule has 0 aliphatic rings. The summed E-state index contributed by atoms with van der Waals surface area (Å²) in [6.45, 7) is 6.46. The molecule has 0 fully saturated rings. The molecule has 6 heteroatoms. The number of esters is 3. The average molecular weight is 988 g/mol. The second kappa shape index (κ2) is 58.9. The minimum atomic E-state index is -0.813. The zero-order chi connectivity index (χ0) is 51.4. The molecule has 0 aromatic heterocycles. The second-order valence-electron chi connectivity index (χ2n) is 19.5. The molecule has 0 aliphatic heterocycles. The first-order valence-corrected chi connectivity index (χ1v) is 29.7. The molecular weight excluding hydrogens is 877 g/mol. The van der Waals surface area contributed by atoms with Gasteiger partial charge < -0.3 is 14.2 Å². The number of hydrogen-bond donors (Lipinski definition) is 0. The lowest BCUT2D eigenvalue weighted by molar-refractivity contribution is -0.167. The van der Waals surface area contributed by atoms with Gasteiger partial charge in [-0.15, -0.1) is 0 Å². The van der Waals surface area contributed by atoms with Gasteiger partial charge in [-0.3, -0.25) is 14.4 Å². The molecule has 0 N–H and O–H groups in total. The summed E-state index contributed by atoms with van der Waals surface area (Å²) >= 11 is 0. The summed E-state index contributed by atoms with van der Waals surface area (Å²) in [5.41, 5.74) is 0. The number of rotatable bonds is 53. The highest BCUT2D eigenvalue weighted by atomic mass is 16.6. The number of allylic oxidation sites excluding steroid dienone is 16. The zero-order valence-electron chi connectivity index (χ0n) is 46.5. The van der Waals surface area contributed by atoms with E-state index >= 15 is 0 Å². The summed E-state index contributed by atoms with van der Waals surface area (Å²) in [5, 5.41) is 0. The Hall–Kier alpha value is -3.67. The molecule has 0 aromatic carbocycles. The van der Waals surface area contributed by atoms with Crippen LogP contribution in [0.15, 0.2) is 97.2 Å². The lowest BCUT2D eigenvalue weighted by Gasteiger charge is -2.18. The average Bonchev–Trinajstić information content (AvgIpc) is 3.37. The van der Waals surface area contributed by atoms with Crippen LogP contribution < -0.4 is 0 Å². The van der Waals surface area contributed by atoms with Crippen molar-refractivity contribution in [3.63, 3.8) is 0 Å². The van der Waals surface area contributed by atoms with Gasteiger partial charge in [-0.05, 0) is 116 Å². The molecular formula is C65H110O6.